The largest absolute Gasteiger partial charge is 0.493 e. The maximum Gasteiger partial charge on any atom is 0.265 e. The number of aryl methyl sites for hydroxylation is 1. The van der Waals surface area contributed by atoms with Crippen LogP contribution in [0.1, 0.15) is 11.1 Å². The van der Waals surface area contributed by atoms with Gasteiger partial charge in [0.2, 0.25) is 0 Å². The Hall–Kier alpha value is -2.99. The number of hydrogen-bond acceptors (Lipinski definition) is 6. The molecule has 0 unspecified atom stereocenters. The number of methoxy groups -OCH3 is 1. The van der Waals surface area contributed by atoms with Gasteiger partial charge in [-0.05, 0) is 77.6 Å². The van der Waals surface area contributed by atoms with Gasteiger partial charge in [0.05, 0.1) is 10.7 Å². The number of nitrogens with one attached hydrogen (secondary N) is 2. The molecule has 8 nitrogen and oxygen atoms in total. The molecular formula is C22H20IN3O5S. The molecule has 1 aliphatic heterocycles. The Morgan fingerprint density at radius 2 is 1.94 bits per heavy atom. The van der Waals surface area contributed by atoms with Crippen LogP contribution in [0.4, 0.5) is 5.69 Å². The fourth-order valence-corrected chi connectivity index (χ4v) is 3.80. The van der Waals surface area contributed by atoms with Crippen LogP contribution in [0.3, 0.4) is 0 Å². The number of hydrogen-bond donors (Lipinski definition) is 2. The Kier molecular flexibility index (Phi) is 7.46. The van der Waals surface area contributed by atoms with Gasteiger partial charge in [-0.2, -0.15) is 0 Å². The molecule has 0 aromatic heterocycles. The predicted octanol–water partition coefficient (Wildman–Crippen LogP) is 2.88. The van der Waals surface area contributed by atoms with Gasteiger partial charge in [-0.3, -0.25) is 24.6 Å². The van der Waals surface area contributed by atoms with E-state index in [0.717, 1.165) is 5.56 Å². The molecule has 1 saturated heterocycles. The van der Waals surface area contributed by atoms with Crippen molar-refractivity contribution in [3.8, 4) is 11.5 Å². The SMILES string of the molecule is COc1cc(/C=C2\C(=O)NC(=S)N(C)C2=O)cc(I)c1OCC(=O)Nc1ccc(C)cc1. The lowest BCUT2D eigenvalue weighted by Gasteiger charge is -2.25. The van der Waals surface area contributed by atoms with E-state index in [9.17, 15) is 14.4 Å². The van der Waals surface area contributed by atoms with E-state index < -0.39 is 11.8 Å². The van der Waals surface area contributed by atoms with E-state index in [0.29, 0.717) is 26.3 Å². The lowest BCUT2D eigenvalue weighted by Crippen LogP contribution is -2.52. The summed E-state index contributed by atoms with van der Waals surface area (Å²) in [5.74, 6) is -0.645. The summed E-state index contributed by atoms with van der Waals surface area (Å²) in [6, 6.07) is 10.8. The number of amides is 3. The fraction of sp³-hybridized carbons (Fsp3) is 0.182. The highest BCUT2D eigenvalue weighted by atomic mass is 127. The molecule has 10 heteroatoms. The number of thiocarbonyl (C=S) groups is 1. The van der Waals surface area contributed by atoms with Gasteiger partial charge >= 0.3 is 0 Å². The Morgan fingerprint density at radius 1 is 1.25 bits per heavy atom. The number of carbonyl (C=O) groups is 3. The molecule has 2 N–H and O–H groups in total. The number of nitrogens with zero attached hydrogens (tertiary/aromatic N) is 1. The van der Waals surface area contributed by atoms with Crippen LogP contribution in [-0.2, 0) is 14.4 Å². The highest BCUT2D eigenvalue weighted by Crippen LogP contribution is 2.35. The molecule has 32 heavy (non-hydrogen) atoms. The average Bonchev–Trinajstić information content (AvgIpc) is 2.75. The van der Waals surface area contributed by atoms with Gasteiger partial charge in [0.25, 0.3) is 17.7 Å². The van der Waals surface area contributed by atoms with Crippen LogP contribution in [0.5, 0.6) is 11.5 Å². The van der Waals surface area contributed by atoms with E-state index in [1.165, 1.54) is 25.1 Å². The first-order valence-electron chi connectivity index (χ1n) is 9.41. The van der Waals surface area contributed by atoms with E-state index in [4.69, 9.17) is 21.7 Å². The van der Waals surface area contributed by atoms with E-state index in [1.807, 2.05) is 53.8 Å². The van der Waals surface area contributed by atoms with Crippen LogP contribution in [0.15, 0.2) is 42.0 Å². The van der Waals surface area contributed by atoms with Gasteiger partial charge in [0, 0.05) is 12.7 Å². The molecule has 0 radical (unpaired) electrons. The molecule has 3 amide bonds. The molecular weight excluding hydrogens is 545 g/mol. The van der Waals surface area contributed by atoms with Gasteiger partial charge in [-0.15, -0.1) is 0 Å². The zero-order valence-electron chi connectivity index (χ0n) is 17.5. The van der Waals surface area contributed by atoms with Crippen LogP contribution in [0, 0.1) is 10.5 Å². The van der Waals surface area contributed by atoms with Gasteiger partial charge < -0.3 is 14.8 Å². The third-order valence-electron chi connectivity index (χ3n) is 4.55. The van der Waals surface area contributed by atoms with E-state index in [-0.39, 0.29) is 23.2 Å². The van der Waals surface area contributed by atoms with Gasteiger partial charge in [-0.1, -0.05) is 17.7 Å². The van der Waals surface area contributed by atoms with Crippen molar-refractivity contribution in [1.82, 2.24) is 10.2 Å². The third-order valence-corrected chi connectivity index (χ3v) is 5.73. The Morgan fingerprint density at radius 3 is 2.59 bits per heavy atom. The summed E-state index contributed by atoms with van der Waals surface area (Å²) in [4.78, 5) is 38.1. The second-order valence-corrected chi connectivity index (χ2v) is 8.47. The highest BCUT2D eigenvalue weighted by Gasteiger charge is 2.30. The molecule has 2 aromatic rings. The minimum atomic E-state index is -0.569. The molecule has 0 bridgehead atoms. The van der Waals surface area contributed by atoms with Gasteiger partial charge in [0.15, 0.2) is 23.2 Å². The standard InChI is InChI=1S/C22H20IN3O5S/c1-12-4-6-14(7-5-12)24-18(27)11-31-19-16(23)9-13(10-17(19)30-3)8-15-20(28)25-22(32)26(2)21(15)29/h4-10H,11H2,1-3H3,(H,24,27)(H,25,28,32)/b15-8+. The summed E-state index contributed by atoms with van der Waals surface area (Å²) in [5.41, 5.74) is 2.27. The summed E-state index contributed by atoms with van der Waals surface area (Å²) in [6.45, 7) is 1.75. The van der Waals surface area contributed by atoms with Crippen LogP contribution in [0.2, 0.25) is 0 Å². The fourth-order valence-electron chi connectivity index (χ4n) is 2.85. The summed E-state index contributed by atoms with van der Waals surface area (Å²) in [6.07, 6.45) is 1.45. The van der Waals surface area contributed by atoms with Crippen molar-refractivity contribution >= 4 is 69.4 Å². The molecule has 0 atom stereocenters. The zero-order chi connectivity index (χ0) is 23.4. The minimum Gasteiger partial charge on any atom is -0.493 e. The number of carbonyl (C=O) groups excluding carboxylic acids is 3. The van der Waals surface area contributed by atoms with Crippen molar-refractivity contribution in [2.75, 3.05) is 26.1 Å². The minimum absolute atomic E-state index is 0.0508. The van der Waals surface area contributed by atoms with Gasteiger partial charge in [0.1, 0.15) is 5.57 Å². The highest BCUT2D eigenvalue weighted by molar-refractivity contribution is 14.1. The predicted molar refractivity (Wildman–Crippen MR) is 133 cm³/mol. The average molecular weight is 565 g/mol. The first kappa shape index (κ1) is 23.7. The van der Waals surface area contributed by atoms with Crippen LogP contribution in [0.25, 0.3) is 6.08 Å². The lowest BCUT2D eigenvalue weighted by molar-refractivity contribution is -0.128. The lowest BCUT2D eigenvalue weighted by atomic mass is 10.1. The second-order valence-electron chi connectivity index (χ2n) is 6.92. The number of rotatable bonds is 6. The second kappa shape index (κ2) is 10.1. The maximum atomic E-state index is 12.4. The molecule has 0 saturated carbocycles. The summed E-state index contributed by atoms with van der Waals surface area (Å²) in [5, 5.41) is 5.29. The van der Waals surface area contributed by atoms with E-state index in [2.05, 4.69) is 10.6 Å². The van der Waals surface area contributed by atoms with E-state index >= 15 is 0 Å². The van der Waals surface area contributed by atoms with Crippen LogP contribution < -0.4 is 20.1 Å². The van der Waals surface area contributed by atoms with Crippen molar-refractivity contribution in [3.05, 3.63) is 56.7 Å². The molecule has 1 fully saturated rings. The quantitative estimate of drug-likeness (QED) is 0.242. The number of halogens is 1. The molecule has 1 aliphatic rings. The molecule has 0 aliphatic carbocycles. The van der Waals surface area contributed by atoms with Crippen molar-refractivity contribution in [2.24, 2.45) is 0 Å². The van der Waals surface area contributed by atoms with Crippen molar-refractivity contribution < 1.29 is 23.9 Å². The monoisotopic (exact) mass is 565 g/mol. The van der Waals surface area contributed by atoms with Crippen molar-refractivity contribution in [3.63, 3.8) is 0 Å². The zero-order valence-corrected chi connectivity index (χ0v) is 20.5. The third kappa shape index (κ3) is 5.43. The van der Waals surface area contributed by atoms with E-state index in [1.54, 1.807) is 12.1 Å². The smallest absolute Gasteiger partial charge is 0.265 e. The van der Waals surface area contributed by atoms with Crippen LogP contribution in [-0.4, -0.2) is 48.5 Å². The Bertz CT molecular complexity index is 1130. The van der Waals surface area contributed by atoms with Gasteiger partial charge in [-0.25, -0.2) is 0 Å². The molecule has 1 heterocycles. The first-order chi connectivity index (χ1) is 15.2. The molecule has 166 valence electrons. The molecule has 2 aromatic carbocycles. The maximum absolute atomic E-state index is 12.4. The van der Waals surface area contributed by atoms with Crippen molar-refractivity contribution in [1.29, 1.82) is 0 Å². The topological polar surface area (TPSA) is 97.0 Å². The van der Waals surface area contributed by atoms with Crippen molar-refractivity contribution in [2.45, 2.75) is 6.92 Å². The normalized spacial score (nSPS) is 14.9. The summed E-state index contributed by atoms with van der Waals surface area (Å²) >= 11 is 6.99. The molecule has 0 spiro atoms. The number of ether oxygens (including phenoxy) is 2. The Labute approximate surface area is 204 Å². The number of benzene rings is 2. The summed E-state index contributed by atoms with van der Waals surface area (Å²) < 4.78 is 11.7. The summed E-state index contributed by atoms with van der Waals surface area (Å²) in [7, 11) is 2.95. The number of likely N-dealkylation sites (N-methyl/N-ethyl adjacent to an activating group) is 1. The number of anilines is 1. The molecule has 3 rings (SSSR count). The Balaban J connectivity index is 1.77. The first-order valence-corrected chi connectivity index (χ1v) is 10.9. The van der Waals surface area contributed by atoms with Crippen LogP contribution >= 0.6 is 34.8 Å².